The van der Waals surface area contributed by atoms with Crippen LogP contribution in [0.2, 0.25) is 0 Å². The number of anilines is 1. The van der Waals surface area contributed by atoms with Crippen molar-refractivity contribution in [3.8, 4) is 16.2 Å². The van der Waals surface area contributed by atoms with Crippen molar-refractivity contribution in [1.82, 2.24) is 4.90 Å². The average Bonchev–Trinajstić information content (AvgIpc) is 3.27. The van der Waals surface area contributed by atoms with E-state index in [2.05, 4.69) is 5.32 Å². The number of nitrogens with zero attached hydrogens (tertiary/aromatic N) is 1. The molecule has 2 aromatic carbocycles. The van der Waals surface area contributed by atoms with Crippen LogP contribution in [-0.4, -0.2) is 50.5 Å². The maximum absolute atomic E-state index is 12.6. The zero-order valence-electron chi connectivity index (χ0n) is 18.6. The van der Waals surface area contributed by atoms with Crippen molar-refractivity contribution in [3.63, 3.8) is 0 Å². The highest BCUT2D eigenvalue weighted by atomic mass is 32.1. The molecule has 0 bridgehead atoms. The number of ether oxygens (including phenoxy) is 2. The molecule has 2 amide bonds. The van der Waals surface area contributed by atoms with Crippen LogP contribution in [0, 0.1) is 0 Å². The highest BCUT2D eigenvalue weighted by Crippen LogP contribution is 2.41. The number of fused-ring (bicyclic) bond motifs is 3. The Hall–Kier alpha value is -3.65. The molecule has 1 aliphatic carbocycles. The average molecular weight is 465 g/mol. The molecule has 8 heteroatoms. The summed E-state index contributed by atoms with van der Waals surface area (Å²) >= 11 is 1.38. The number of esters is 1. The quantitative estimate of drug-likeness (QED) is 0.557. The van der Waals surface area contributed by atoms with Crippen LogP contribution in [0.25, 0.3) is 10.4 Å². The fourth-order valence-electron chi connectivity index (χ4n) is 3.69. The first-order chi connectivity index (χ1) is 15.9. The smallest absolute Gasteiger partial charge is 0.348 e. The Balaban J connectivity index is 1.36. The van der Waals surface area contributed by atoms with E-state index in [0.717, 1.165) is 34.6 Å². The molecule has 0 fully saturated rings. The standard InChI is InChI=1S/C25H24N2O5S/c1-27(2)24(29)15-6-8-18(9-7-15)26-22(28)14-32-25(30)21-13-17-5-4-16-12-19(31-3)10-11-20(16)23(17)33-21/h6-13H,4-5,14H2,1-3H3,(H,26,28). The first-order valence-electron chi connectivity index (χ1n) is 10.4. The molecule has 0 saturated heterocycles. The van der Waals surface area contributed by atoms with Crippen LogP contribution in [0.1, 0.15) is 31.2 Å². The van der Waals surface area contributed by atoms with Crippen molar-refractivity contribution in [3.05, 3.63) is 70.1 Å². The lowest BCUT2D eigenvalue weighted by atomic mass is 9.91. The van der Waals surface area contributed by atoms with Crippen LogP contribution in [0.15, 0.2) is 48.5 Å². The molecule has 4 rings (SSSR count). The van der Waals surface area contributed by atoms with Crippen LogP contribution < -0.4 is 10.1 Å². The van der Waals surface area contributed by atoms with Gasteiger partial charge in [0.15, 0.2) is 6.61 Å². The van der Waals surface area contributed by atoms with Gasteiger partial charge >= 0.3 is 5.97 Å². The van der Waals surface area contributed by atoms with Gasteiger partial charge < -0.3 is 19.7 Å². The molecule has 1 aliphatic rings. The van der Waals surface area contributed by atoms with E-state index < -0.39 is 18.5 Å². The fourth-order valence-corrected chi connectivity index (χ4v) is 4.86. The van der Waals surface area contributed by atoms with Crippen molar-refractivity contribution in [2.24, 2.45) is 0 Å². The van der Waals surface area contributed by atoms with E-state index in [4.69, 9.17) is 9.47 Å². The van der Waals surface area contributed by atoms with E-state index in [1.165, 1.54) is 21.8 Å². The molecule has 170 valence electrons. The molecule has 0 aliphatic heterocycles. The van der Waals surface area contributed by atoms with Crippen LogP contribution in [0.5, 0.6) is 5.75 Å². The summed E-state index contributed by atoms with van der Waals surface area (Å²) in [5.74, 6) is -0.277. The van der Waals surface area contributed by atoms with Crippen LogP contribution in [0.4, 0.5) is 5.69 Å². The van der Waals surface area contributed by atoms with Gasteiger partial charge in [-0.25, -0.2) is 4.79 Å². The molecule has 0 radical (unpaired) electrons. The van der Waals surface area contributed by atoms with Crippen LogP contribution in [-0.2, 0) is 22.4 Å². The number of hydrogen-bond donors (Lipinski definition) is 1. The van der Waals surface area contributed by atoms with Gasteiger partial charge in [0.25, 0.3) is 11.8 Å². The molecular formula is C25H24N2O5S. The lowest BCUT2D eigenvalue weighted by Gasteiger charge is -2.16. The minimum atomic E-state index is -0.522. The summed E-state index contributed by atoms with van der Waals surface area (Å²) in [4.78, 5) is 39.7. The summed E-state index contributed by atoms with van der Waals surface area (Å²) in [6, 6.07) is 14.4. The van der Waals surface area contributed by atoms with E-state index in [1.54, 1.807) is 45.5 Å². The molecule has 33 heavy (non-hydrogen) atoms. The summed E-state index contributed by atoms with van der Waals surface area (Å²) in [5, 5.41) is 2.67. The van der Waals surface area contributed by atoms with Crippen molar-refractivity contribution in [1.29, 1.82) is 0 Å². The number of hydrogen-bond acceptors (Lipinski definition) is 6. The summed E-state index contributed by atoms with van der Waals surface area (Å²) in [7, 11) is 4.99. The molecule has 1 aromatic heterocycles. The summed E-state index contributed by atoms with van der Waals surface area (Å²) in [6.45, 7) is -0.395. The topological polar surface area (TPSA) is 84.9 Å². The molecule has 0 unspecified atom stereocenters. The largest absolute Gasteiger partial charge is 0.497 e. The Morgan fingerprint density at radius 2 is 1.73 bits per heavy atom. The van der Waals surface area contributed by atoms with Gasteiger partial charge in [-0.15, -0.1) is 11.3 Å². The second kappa shape index (κ2) is 9.46. The van der Waals surface area contributed by atoms with Gasteiger partial charge in [-0.05, 0) is 78.1 Å². The number of benzene rings is 2. The van der Waals surface area contributed by atoms with Gasteiger partial charge in [-0.1, -0.05) is 0 Å². The van der Waals surface area contributed by atoms with Gasteiger partial charge in [0.05, 0.1) is 7.11 Å². The fraction of sp³-hybridized carbons (Fsp3) is 0.240. The SMILES string of the molecule is COc1ccc2c(c1)CCc1cc(C(=O)OCC(=O)Nc3ccc(C(=O)N(C)C)cc3)sc1-2. The lowest BCUT2D eigenvalue weighted by molar-refractivity contribution is -0.119. The van der Waals surface area contributed by atoms with E-state index in [1.807, 2.05) is 24.3 Å². The van der Waals surface area contributed by atoms with Gasteiger partial charge in [0.1, 0.15) is 10.6 Å². The number of aryl methyl sites for hydroxylation is 2. The maximum atomic E-state index is 12.6. The third-order valence-electron chi connectivity index (χ3n) is 5.39. The first kappa shape index (κ1) is 22.5. The van der Waals surface area contributed by atoms with Gasteiger partial charge in [-0.2, -0.15) is 0 Å². The van der Waals surface area contributed by atoms with Gasteiger partial charge in [0, 0.05) is 30.2 Å². The number of rotatable bonds is 6. The minimum absolute atomic E-state index is 0.123. The Morgan fingerprint density at radius 1 is 1.00 bits per heavy atom. The number of amides is 2. The number of carbonyl (C=O) groups excluding carboxylic acids is 3. The molecule has 1 heterocycles. The van der Waals surface area contributed by atoms with Crippen LogP contribution >= 0.6 is 11.3 Å². The lowest BCUT2D eigenvalue weighted by Crippen LogP contribution is -2.22. The van der Waals surface area contributed by atoms with E-state index in [9.17, 15) is 14.4 Å². The highest BCUT2D eigenvalue weighted by Gasteiger charge is 2.23. The van der Waals surface area contributed by atoms with E-state index >= 15 is 0 Å². The predicted octanol–water partition coefficient (Wildman–Crippen LogP) is 4.02. The molecule has 7 nitrogen and oxygen atoms in total. The Morgan fingerprint density at radius 3 is 2.42 bits per heavy atom. The molecule has 1 N–H and O–H groups in total. The number of methoxy groups -OCH3 is 1. The molecule has 0 atom stereocenters. The molecular weight excluding hydrogens is 440 g/mol. The second-order valence-corrected chi connectivity index (χ2v) is 8.94. The Kier molecular flexibility index (Phi) is 6.46. The normalized spacial score (nSPS) is 11.7. The third-order valence-corrected chi connectivity index (χ3v) is 6.58. The number of nitrogens with one attached hydrogen (secondary N) is 1. The van der Waals surface area contributed by atoms with Crippen molar-refractivity contribution in [2.45, 2.75) is 12.8 Å². The van der Waals surface area contributed by atoms with Crippen LogP contribution in [0.3, 0.4) is 0 Å². The Bertz CT molecular complexity index is 1210. The highest BCUT2D eigenvalue weighted by molar-refractivity contribution is 7.17. The van der Waals surface area contributed by atoms with Crippen molar-refractivity contribution in [2.75, 3.05) is 33.1 Å². The van der Waals surface area contributed by atoms with E-state index in [0.29, 0.717) is 16.1 Å². The van der Waals surface area contributed by atoms with Crippen molar-refractivity contribution < 1.29 is 23.9 Å². The minimum Gasteiger partial charge on any atom is -0.497 e. The summed E-state index contributed by atoms with van der Waals surface area (Å²) in [6.07, 6.45) is 1.72. The second-order valence-electron chi connectivity index (χ2n) is 7.89. The van der Waals surface area contributed by atoms with Crippen molar-refractivity contribution >= 4 is 34.8 Å². The van der Waals surface area contributed by atoms with E-state index in [-0.39, 0.29) is 5.91 Å². The number of thiophene rings is 1. The maximum Gasteiger partial charge on any atom is 0.348 e. The number of carbonyl (C=O) groups is 3. The molecule has 0 saturated carbocycles. The zero-order chi connectivity index (χ0) is 23.5. The third kappa shape index (κ3) is 4.90. The molecule has 0 spiro atoms. The summed E-state index contributed by atoms with van der Waals surface area (Å²) < 4.78 is 10.5. The monoisotopic (exact) mass is 464 g/mol. The predicted molar refractivity (Wildman–Crippen MR) is 127 cm³/mol. The van der Waals surface area contributed by atoms with Gasteiger partial charge in [0.2, 0.25) is 0 Å². The van der Waals surface area contributed by atoms with Gasteiger partial charge in [-0.3, -0.25) is 9.59 Å². The first-order valence-corrected chi connectivity index (χ1v) is 11.3. The zero-order valence-corrected chi connectivity index (χ0v) is 19.5. The Labute approximate surface area is 195 Å². The molecule has 3 aromatic rings. The summed E-state index contributed by atoms with van der Waals surface area (Å²) in [5.41, 5.74) is 4.45.